The van der Waals surface area contributed by atoms with Gasteiger partial charge in [-0.25, -0.2) is 0 Å². The van der Waals surface area contributed by atoms with Gasteiger partial charge in [0.05, 0.1) is 13.0 Å². The summed E-state index contributed by atoms with van der Waals surface area (Å²) >= 11 is 0. The van der Waals surface area contributed by atoms with E-state index in [1.54, 1.807) is 7.11 Å². The van der Waals surface area contributed by atoms with Gasteiger partial charge in [-0.15, -0.1) is 0 Å². The summed E-state index contributed by atoms with van der Waals surface area (Å²) in [5.41, 5.74) is 1.09. The van der Waals surface area contributed by atoms with Crippen LogP contribution in [0.4, 0.5) is 0 Å². The second-order valence-corrected chi connectivity index (χ2v) is 8.27. The van der Waals surface area contributed by atoms with Crippen LogP contribution in [0, 0.1) is 11.8 Å². The Morgan fingerprint density at radius 2 is 1.85 bits per heavy atom. The first kappa shape index (κ1) is 19.7. The van der Waals surface area contributed by atoms with Crippen LogP contribution < -0.4 is 4.74 Å². The molecule has 2 unspecified atom stereocenters. The van der Waals surface area contributed by atoms with Gasteiger partial charge in [0.1, 0.15) is 5.75 Å². The lowest BCUT2D eigenvalue weighted by Gasteiger charge is -2.31. The van der Waals surface area contributed by atoms with Gasteiger partial charge < -0.3 is 14.5 Å². The van der Waals surface area contributed by atoms with E-state index < -0.39 is 0 Å². The molecule has 0 bridgehead atoms. The standard InChI is InChI=1S/C22H32N2O3/c1-16(2)12-21(25)24-14-19(17-8-7-9-18(13-17)27-3)20(15-24)22(26)23-10-5-4-6-11-23/h7-9,13,16,19-20H,4-6,10-12,14-15H2,1-3H3. The van der Waals surface area contributed by atoms with E-state index >= 15 is 0 Å². The highest BCUT2D eigenvalue weighted by molar-refractivity contribution is 5.83. The minimum absolute atomic E-state index is 0.0330. The van der Waals surface area contributed by atoms with Crippen LogP contribution in [0.15, 0.2) is 24.3 Å². The Kier molecular flexibility index (Phi) is 6.40. The molecular formula is C22H32N2O3. The Hall–Kier alpha value is -2.04. The maximum Gasteiger partial charge on any atom is 0.228 e. The van der Waals surface area contributed by atoms with Gasteiger partial charge in [0, 0.05) is 38.5 Å². The summed E-state index contributed by atoms with van der Waals surface area (Å²) in [6.07, 6.45) is 3.90. The first-order chi connectivity index (χ1) is 13.0. The molecule has 2 amide bonds. The van der Waals surface area contributed by atoms with Crippen LogP contribution in [0.25, 0.3) is 0 Å². The van der Waals surface area contributed by atoms with Gasteiger partial charge in [-0.3, -0.25) is 9.59 Å². The number of methoxy groups -OCH3 is 1. The third-order valence-electron chi connectivity index (χ3n) is 5.76. The Bertz CT molecular complexity index is 667. The molecule has 3 rings (SSSR count). The number of benzene rings is 1. The number of carbonyl (C=O) groups is 2. The van der Waals surface area contributed by atoms with Crippen LogP contribution >= 0.6 is 0 Å². The number of rotatable bonds is 5. The smallest absolute Gasteiger partial charge is 0.228 e. The van der Waals surface area contributed by atoms with Crippen LogP contribution in [0.3, 0.4) is 0 Å². The van der Waals surface area contributed by atoms with Gasteiger partial charge in [-0.05, 0) is 42.9 Å². The van der Waals surface area contributed by atoms with Crippen LogP contribution in [0.2, 0.25) is 0 Å². The van der Waals surface area contributed by atoms with Crippen LogP contribution in [-0.2, 0) is 9.59 Å². The molecule has 2 heterocycles. The van der Waals surface area contributed by atoms with Crippen molar-refractivity contribution in [3.8, 4) is 5.75 Å². The molecule has 2 fully saturated rings. The Morgan fingerprint density at radius 1 is 1.11 bits per heavy atom. The molecule has 1 aromatic carbocycles. The minimum atomic E-state index is -0.161. The van der Waals surface area contributed by atoms with Gasteiger partial charge in [0.2, 0.25) is 11.8 Å². The summed E-state index contributed by atoms with van der Waals surface area (Å²) in [6, 6.07) is 7.95. The molecule has 0 aromatic heterocycles. The van der Waals surface area contributed by atoms with E-state index in [2.05, 4.69) is 19.9 Å². The lowest BCUT2D eigenvalue weighted by Crippen LogP contribution is -2.42. The van der Waals surface area contributed by atoms with Crippen molar-refractivity contribution in [2.45, 2.75) is 45.4 Å². The summed E-state index contributed by atoms with van der Waals surface area (Å²) in [5, 5.41) is 0. The predicted molar refractivity (Wildman–Crippen MR) is 106 cm³/mol. The van der Waals surface area contributed by atoms with Crippen LogP contribution in [0.1, 0.15) is 51.0 Å². The minimum Gasteiger partial charge on any atom is -0.497 e. The van der Waals surface area contributed by atoms with Gasteiger partial charge in [0.25, 0.3) is 0 Å². The van der Waals surface area contributed by atoms with Gasteiger partial charge in [-0.1, -0.05) is 26.0 Å². The fraction of sp³-hybridized carbons (Fsp3) is 0.636. The largest absolute Gasteiger partial charge is 0.497 e. The normalized spacial score (nSPS) is 23.0. The lowest BCUT2D eigenvalue weighted by atomic mass is 9.87. The van der Waals surface area contributed by atoms with Crippen LogP contribution in [0.5, 0.6) is 5.75 Å². The number of ether oxygens (including phenoxy) is 1. The zero-order chi connectivity index (χ0) is 19.4. The third-order valence-corrected chi connectivity index (χ3v) is 5.76. The first-order valence-electron chi connectivity index (χ1n) is 10.2. The number of nitrogens with zero attached hydrogens (tertiary/aromatic N) is 2. The topological polar surface area (TPSA) is 49.9 Å². The maximum atomic E-state index is 13.3. The molecule has 0 radical (unpaired) electrons. The summed E-state index contributed by atoms with van der Waals surface area (Å²) in [4.78, 5) is 29.9. The monoisotopic (exact) mass is 372 g/mol. The maximum absolute atomic E-state index is 13.3. The number of amides is 2. The van der Waals surface area contributed by atoms with E-state index in [-0.39, 0.29) is 23.7 Å². The van der Waals surface area contributed by atoms with Crippen molar-refractivity contribution in [1.29, 1.82) is 0 Å². The van der Waals surface area contributed by atoms with E-state index in [1.807, 2.05) is 28.0 Å². The van der Waals surface area contributed by atoms with Gasteiger partial charge in [-0.2, -0.15) is 0 Å². The van der Waals surface area contributed by atoms with Crippen molar-refractivity contribution in [2.24, 2.45) is 11.8 Å². The van der Waals surface area contributed by atoms with E-state index in [4.69, 9.17) is 4.74 Å². The highest BCUT2D eigenvalue weighted by atomic mass is 16.5. The summed E-state index contributed by atoms with van der Waals surface area (Å²) < 4.78 is 5.38. The van der Waals surface area contributed by atoms with E-state index in [0.29, 0.717) is 25.4 Å². The van der Waals surface area contributed by atoms with Gasteiger partial charge in [0.15, 0.2) is 0 Å². The fourth-order valence-corrected chi connectivity index (χ4v) is 4.29. The Labute approximate surface area is 162 Å². The highest BCUT2D eigenvalue weighted by Crippen LogP contribution is 2.36. The molecule has 0 aliphatic carbocycles. The van der Waals surface area contributed by atoms with Crippen molar-refractivity contribution in [2.75, 3.05) is 33.3 Å². The molecule has 148 valence electrons. The van der Waals surface area contributed by atoms with Crippen molar-refractivity contribution in [3.05, 3.63) is 29.8 Å². The Morgan fingerprint density at radius 3 is 2.52 bits per heavy atom. The highest BCUT2D eigenvalue weighted by Gasteiger charge is 2.42. The SMILES string of the molecule is COc1cccc(C2CN(C(=O)CC(C)C)CC2C(=O)N2CCCCC2)c1. The summed E-state index contributed by atoms with van der Waals surface area (Å²) in [6.45, 7) is 6.96. The summed E-state index contributed by atoms with van der Waals surface area (Å²) in [5.74, 6) is 1.36. The molecular weight excluding hydrogens is 340 g/mol. The molecule has 27 heavy (non-hydrogen) atoms. The quantitative estimate of drug-likeness (QED) is 0.797. The number of likely N-dealkylation sites (tertiary alicyclic amines) is 2. The molecule has 0 N–H and O–H groups in total. The number of carbonyl (C=O) groups excluding carboxylic acids is 2. The number of hydrogen-bond donors (Lipinski definition) is 0. The zero-order valence-corrected chi connectivity index (χ0v) is 16.8. The van der Waals surface area contributed by atoms with E-state index in [0.717, 1.165) is 37.2 Å². The average molecular weight is 373 g/mol. The molecule has 0 spiro atoms. The predicted octanol–water partition coefficient (Wildman–Crippen LogP) is 3.30. The van der Waals surface area contributed by atoms with E-state index in [1.165, 1.54) is 6.42 Å². The molecule has 5 nitrogen and oxygen atoms in total. The third kappa shape index (κ3) is 4.63. The second-order valence-electron chi connectivity index (χ2n) is 8.27. The van der Waals surface area contributed by atoms with Crippen molar-refractivity contribution < 1.29 is 14.3 Å². The van der Waals surface area contributed by atoms with Crippen molar-refractivity contribution >= 4 is 11.8 Å². The second kappa shape index (κ2) is 8.77. The van der Waals surface area contributed by atoms with Gasteiger partial charge >= 0.3 is 0 Å². The molecule has 5 heteroatoms. The summed E-state index contributed by atoms with van der Waals surface area (Å²) in [7, 11) is 1.66. The molecule has 2 saturated heterocycles. The molecule has 0 saturated carbocycles. The number of hydrogen-bond acceptors (Lipinski definition) is 3. The Balaban J connectivity index is 1.83. The molecule has 2 aliphatic rings. The zero-order valence-electron chi connectivity index (χ0n) is 16.8. The lowest BCUT2D eigenvalue weighted by molar-refractivity contribution is -0.137. The average Bonchev–Trinajstić information content (AvgIpc) is 3.13. The molecule has 1 aromatic rings. The molecule has 2 atom stereocenters. The van der Waals surface area contributed by atoms with E-state index in [9.17, 15) is 9.59 Å². The molecule has 2 aliphatic heterocycles. The van der Waals surface area contributed by atoms with Crippen LogP contribution in [-0.4, -0.2) is 54.9 Å². The first-order valence-corrected chi connectivity index (χ1v) is 10.2. The fourth-order valence-electron chi connectivity index (χ4n) is 4.29. The number of piperidine rings is 1. The van der Waals surface area contributed by atoms with Crippen molar-refractivity contribution in [1.82, 2.24) is 9.80 Å². The van der Waals surface area contributed by atoms with Crippen molar-refractivity contribution in [3.63, 3.8) is 0 Å².